The summed E-state index contributed by atoms with van der Waals surface area (Å²) in [7, 11) is -3.90. The molecule has 8 heteroatoms. The molecule has 2 N–H and O–H groups in total. The summed E-state index contributed by atoms with van der Waals surface area (Å²) >= 11 is 0. The number of nitrogens with two attached hydrogens (primary N) is 1. The van der Waals surface area contributed by atoms with Crippen molar-refractivity contribution in [1.29, 1.82) is 0 Å². The molecule has 1 aromatic carbocycles. The Kier molecular flexibility index (Phi) is 4.03. The summed E-state index contributed by atoms with van der Waals surface area (Å²) in [5.74, 6) is 0. The monoisotopic (exact) mass is 320 g/mol. The summed E-state index contributed by atoms with van der Waals surface area (Å²) in [6.07, 6.45) is -3.85. The first-order valence-corrected chi connectivity index (χ1v) is 7.69. The van der Waals surface area contributed by atoms with Crippen LogP contribution in [0.2, 0.25) is 0 Å². The van der Waals surface area contributed by atoms with Crippen LogP contribution in [0.5, 0.6) is 0 Å². The number of halogens is 3. The maximum Gasteiger partial charge on any atom is 0.412 e. The highest BCUT2D eigenvalue weighted by molar-refractivity contribution is 7.89. The van der Waals surface area contributed by atoms with Gasteiger partial charge in [0.2, 0.25) is 10.0 Å². The molecule has 4 nitrogen and oxygen atoms in total. The molecule has 0 bridgehead atoms. The second-order valence-corrected chi connectivity index (χ2v) is 6.71. The van der Waals surface area contributed by atoms with Gasteiger partial charge < -0.3 is 5.73 Å². The van der Waals surface area contributed by atoms with Crippen LogP contribution in [0.15, 0.2) is 34.7 Å². The smallest absolute Gasteiger partial charge is 0.398 e. The molecule has 0 atom stereocenters. The summed E-state index contributed by atoms with van der Waals surface area (Å²) in [5, 5.41) is 0. The van der Waals surface area contributed by atoms with Crippen LogP contribution < -0.4 is 5.73 Å². The Bertz CT molecular complexity index is 661. The van der Waals surface area contributed by atoms with Gasteiger partial charge in [-0.2, -0.15) is 17.5 Å². The number of nitrogens with zero attached hydrogens (tertiary/aromatic N) is 1. The van der Waals surface area contributed by atoms with E-state index in [0.717, 1.165) is 10.4 Å². The van der Waals surface area contributed by atoms with Crippen molar-refractivity contribution in [2.24, 2.45) is 0 Å². The number of anilines is 1. The lowest BCUT2D eigenvalue weighted by Gasteiger charge is -2.27. The van der Waals surface area contributed by atoms with Gasteiger partial charge >= 0.3 is 6.18 Å². The Morgan fingerprint density at radius 1 is 1.29 bits per heavy atom. The minimum atomic E-state index is -4.41. The first-order valence-electron chi connectivity index (χ1n) is 6.25. The Hall–Kier alpha value is -1.54. The van der Waals surface area contributed by atoms with E-state index in [4.69, 9.17) is 5.73 Å². The van der Waals surface area contributed by atoms with Crippen molar-refractivity contribution < 1.29 is 21.6 Å². The number of rotatable bonds is 2. The Balaban J connectivity index is 2.34. The lowest BCUT2D eigenvalue weighted by atomic mass is 10.1. The number of alkyl halides is 3. The predicted molar refractivity (Wildman–Crippen MR) is 73.1 cm³/mol. The average Bonchev–Trinajstić information content (AvgIpc) is 2.37. The van der Waals surface area contributed by atoms with E-state index in [9.17, 15) is 21.6 Å². The molecule has 1 aromatic rings. The minimum Gasteiger partial charge on any atom is -0.398 e. The van der Waals surface area contributed by atoms with Crippen molar-refractivity contribution in [1.82, 2.24) is 4.31 Å². The van der Waals surface area contributed by atoms with E-state index in [1.54, 1.807) is 19.1 Å². The lowest BCUT2D eigenvalue weighted by molar-refractivity contribution is -0.0953. The van der Waals surface area contributed by atoms with E-state index in [1.165, 1.54) is 6.07 Å². The summed E-state index contributed by atoms with van der Waals surface area (Å²) in [5.41, 5.74) is 5.59. The molecule has 0 spiro atoms. The van der Waals surface area contributed by atoms with Gasteiger partial charge in [0.15, 0.2) is 0 Å². The molecule has 0 aliphatic carbocycles. The van der Waals surface area contributed by atoms with Crippen LogP contribution in [-0.4, -0.2) is 32.0 Å². The van der Waals surface area contributed by atoms with Crippen molar-refractivity contribution in [3.8, 4) is 0 Å². The van der Waals surface area contributed by atoms with Crippen molar-refractivity contribution >= 4 is 15.7 Å². The van der Waals surface area contributed by atoms with E-state index in [0.29, 0.717) is 5.56 Å². The van der Waals surface area contributed by atoms with Crippen LogP contribution >= 0.6 is 0 Å². The van der Waals surface area contributed by atoms with Crippen LogP contribution in [-0.2, 0) is 10.0 Å². The molecule has 0 unspecified atom stereocenters. The second kappa shape index (κ2) is 5.34. The molecule has 0 radical (unpaired) electrons. The number of benzene rings is 1. The SMILES string of the molecule is Cc1cccc(N)c1S(=O)(=O)N1CC=C(C(F)(F)F)CC1. The molecule has 116 valence electrons. The van der Waals surface area contributed by atoms with Crippen LogP contribution in [0.1, 0.15) is 12.0 Å². The molecule has 0 fully saturated rings. The molecule has 0 saturated heterocycles. The molecular weight excluding hydrogens is 305 g/mol. The number of nitrogen functional groups attached to an aromatic ring is 1. The molecule has 1 aliphatic heterocycles. The van der Waals surface area contributed by atoms with Crippen molar-refractivity contribution in [3.05, 3.63) is 35.4 Å². The third-order valence-corrected chi connectivity index (χ3v) is 5.46. The third-order valence-electron chi connectivity index (χ3n) is 3.38. The van der Waals surface area contributed by atoms with Gasteiger partial charge in [0.1, 0.15) is 4.90 Å². The summed E-state index contributed by atoms with van der Waals surface area (Å²) in [6.45, 7) is 1.09. The number of hydrogen-bond donors (Lipinski definition) is 1. The van der Waals surface area contributed by atoms with Crippen LogP contribution in [0.3, 0.4) is 0 Å². The second-order valence-electron chi connectivity index (χ2n) is 4.83. The van der Waals surface area contributed by atoms with Gasteiger partial charge in [0, 0.05) is 18.7 Å². The number of aryl methyl sites for hydroxylation is 1. The molecule has 0 saturated carbocycles. The number of sulfonamides is 1. The largest absolute Gasteiger partial charge is 0.412 e. The van der Waals surface area contributed by atoms with E-state index in [-0.39, 0.29) is 30.1 Å². The fraction of sp³-hybridized carbons (Fsp3) is 0.385. The zero-order valence-electron chi connectivity index (χ0n) is 11.3. The maximum atomic E-state index is 12.6. The topological polar surface area (TPSA) is 63.4 Å². The predicted octanol–water partition coefficient (Wildman–Crippen LogP) is 2.46. The molecule has 2 rings (SSSR count). The number of hydrogen-bond acceptors (Lipinski definition) is 3. The van der Waals surface area contributed by atoms with E-state index < -0.39 is 21.8 Å². The fourth-order valence-electron chi connectivity index (χ4n) is 2.28. The van der Waals surface area contributed by atoms with Crippen molar-refractivity contribution in [3.63, 3.8) is 0 Å². The van der Waals surface area contributed by atoms with E-state index in [2.05, 4.69) is 0 Å². The maximum absolute atomic E-state index is 12.6. The van der Waals surface area contributed by atoms with Gasteiger partial charge in [-0.1, -0.05) is 18.2 Å². The molecule has 1 aliphatic rings. The highest BCUT2D eigenvalue weighted by atomic mass is 32.2. The van der Waals surface area contributed by atoms with Gasteiger partial charge in [0.05, 0.1) is 5.69 Å². The highest BCUT2D eigenvalue weighted by Gasteiger charge is 2.37. The first kappa shape index (κ1) is 15.8. The van der Waals surface area contributed by atoms with Gasteiger partial charge in [0.25, 0.3) is 0 Å². The Labute approximate surface area is 121 Å². The lowest BCUT2D eigenvalue weighted by Crippen LogP contribution is -2.37. The molecule has 21 heavy (non-hydrogen) atoms. The molecular formula is C13H15F3N2O2S. The first-order chi connectivity index (χ1) is 9.64. The summed E-state index contributed by atoms with van der Waals surface area (Å²) in [6, 6.07) is 4.69. The Morgan fingerprint density at radius 2 is 1.95 bits per heavy atom. The van der Waals surface area contributed by atoms with E-state index >= 15 is 0 Å². The molecule has 1 heterocycles. The summed E-state index contributed by atoms with van der Waals surface area (Å²) in [4.78, 5) is -0.0335. The molecule has 0 amide bonds. The van der Waals surface area contributed by atoms with Gasteiger partial charge in [-0.3, -0.25) is 0 Å². The van der Waals surface area contributed by atoms with E-state index in [1.807, 2.05) is 0 Å². The van der Waals surface area contributed by atoms with Gasteiger partial charge in [-0.25, -0.2) is 8.42 Å². The van der Waals surface area contributed by atoms with Crippen molar-refractivity contribution in [2.75, 3.05) is 18.8 Å². The average molecular weight is 320 g/mol. The highest BCUT2D eigenvalue weighted by Crippen LogP contribution is 2.33. The zero-order valence-corrected chi connectivity index (χ0v) is 12.1. The minimum absolute atomic E-state index is 0.0335. The standard InChI is InChI=1S/C13H15F3N2O2S/c1-9-3-2-4-11(17)12(9)21(19,20)18-7-5-10(6-8-18)13(14,15)16/h2-5H,6-8,17H2,1H3. The van der Waals surface area contributed by atoms with Crippen molar-refractivity contribution in [2.45, 2.75) is 24.4 Å². The van der Waals surface area contributed by atoms with Crippen LogP contribution in [0.25, 0.3) is 0 Å². The third kappa shape index (κ3) is 3.06. The van der Waals surface area contributed by atoms with Crippen LogP contribution in [0, 0.1) is 6.92 Å². The molecule has 0 aromatic heterocycles. The van der Waals surface area contributed by atoms with Crippen LogP contribution in [0.4, 0.5) is 18.9 Å². The van der Waals surface area contributed by atoms with Gasteiger partial charge in [-0.15, -0.1) is 0 Å². The zero-order chi connectivity index (χ0) is 15.8. The Morgan fingerprint density at radius 3 is 2.43 bits per heavy atom. The fourth-order valence-corrected chi connectivity index (χ4v) is 3.98. The van der Waals surface area contributed by atoms with Gasteiger partial charge in [-0.05, 0) is 25.0 Å². The summed E-state index contributed by atoms with van der Waals surface area (Å²) < 4.78 is 63.7. The normalized spacial score (nSPS) is 17.6. The quantitative estimate of drug-likeness (QED) is 0.672.